The first-order chi connectivity index (χ1) is 17.3. The van der Waals surface area contributed by atoms with Gasteiger partial charge in [0.15, 0.2) is 5.13 Å². The lowest BCUT2D eigenvalue weighted by Crippen LogP contribution is -2.34. The molecule has 0 aliphatic heterocycles. The van der Waals surface area contributed by atoms with Crippen molar-refractivity contribution < 1.29 is 17.9 Å². The van der Waals surface area contributed by atoms with Crippen LogP contribution >= 0.6 is 11.3 Å². The van der Waals surface area contributed by atoms with Gasteiger partial charge < -0.3 is 9.64 Å². The Kier molecular flexibility index (Phi) is 7.88. The van der Waals surface area contributed by atoms with Crippen LogP contribution in [0.5, 0.6) is 5.75 Å². The molecule has 0 unspecified atom stereocenters. The molecule has 0 saturated heterocycles. The van der Waals surface area contributed by atoms with Gasteiger partial charge >= 0.3 is 0 Å². The highest BCUT2D eigenvalue weighted by atomic mass is 32.2. The molecular weight excluding hydrogens is 496 g/mol. The molecule has 1 N–H and O–H groups in total. The maximum absolute atomic E-state index is 13.9. The molecule has 0 radical (unpaired) electrons. The van der Waals surface area contributed by atoms with Crippen LogP contribution in [0.25, 0.3) is 10.2 Å². The van der Waals surface area contributed by atoms with Gasteiger partial charge in [0, 0.05) is 6.54 Å². The van der Waals surface area contributed by atoms with Crippen LogP contribution in [0, 0.1) is 0 Å². The van der Waals surface area contributed by atoms with Gasteiger partial charge in [-0.15, -0.1) is 0 Å². The summed E-state index contributed by atoms with van der Waals surface area (Å²) in [5.41, 5.74) is 1.27. The van der Waals surface area contributed by atoms with E-state index in [0.717, 1.165) is 23.2 Å². The van der Waals surface area contributed by atoms with E-state index in [-0.39, 0.29) is 22.1 Å². The van der Waals surface area contributed by atoms with Crippen molar-refractivity contribution in [2.24, 2.45) is 0 Å². The summed E-state index contributed by atoms with van der Waals surface area (Å²) in [7, 11) is 1.54. The van der Waals surface area contributed by atoms with E-state index in [4.69, 9.17) is 4.74 Å². The van der Waals surface area contributed by atoms with Gasteiger partial charge in [-0.25, -0.2) is 13.4 Å². The summed E-state index contributed by atoms with van der Waals surface area (Å²) < 4.78 is 34.9. The van der Waals surface area contributed by atoms with Crippen molar-refractivity contribution in [1.29, 1.82) is 0 Å². The second-order valence-electron chi connectivity index (χ2n) is 8.40. The molecule has 1 heterocycles. The molecule has 4 rings (SSSR count). The number of rotatable bonds is 10. The maximum atomic E-state index is 13.9. The molecule has 0 fully saturated rings. The van der Waals surface area contributed by atoms with Gasteiger partial charge in [-0.1, -0.05) is 35.6 Å². The first-order valence-electron chi connectivity index (χ1n) is 11.4. The number of benzene rings is 3. The lowest BCUT2D eigenvalue weighted by molar-refractivity contribution is 0.0987. The molecule has 188 valence electrons. The Labute approximate surface area is 215 Å². The number of sulfonamides is 1. The highest BCUT2D eigenvalue weighted by Crippen LogP contribution is 2.31. The number of hydrogen-bond donors (Lipinski definition) is 1. The number of nitrogens with zero attached hydrogens (tertiary/aromatic N) is 3. The monoisotopic (exact) mass is 524 g/mol. The number of nitrogens with one attached hydrogen (secondary N) is 1. The van der Waals surface area contributed by atoms with E-state index in [1.807, 2.05) is 38.4 Å². The molecule has 0 spiro atoms. The molecule has 0 aliphatic rings. The number of para-hydroxylation sites is 2. The van der Waals surface area contributed by atoms with E-state index in [1.54, 1.807) is 41.3 Å². The predicted molar refractivity (Wildman–Crippen MR) is 145 cm³/mol. The van der Waals surface area contributed by atoms with Crippen molar-refractivity contribution in [3.05, 3.63) is 78.4 Å². The van der Waals surface area contributed by atoms with Crippen LogP contribution in [0.2, 0.25) is 0 Å². The number of hydrogen-bond acceptors (Lipinski definition) is 7. The minimum atomic E-state index is -3.93. The van der Waals surface area contributed by atoms with E-state index in [1.165, 1.54) is 30.6 Å². The Bertz CT molecular complexity index is 1420. The first kappa shape index (κ1) is 25.6. The number of thiazole rings is 1. The third kappa shape index (κ3) is 5.84. The van der Waals surface area contributed by atoms with Crippen LogP contribution in [0.3, 0.4) is 0 Å². The van der Waals surface area contributed by atoms with E-state index >= 15 is 0 Å². The Morgan fingerprint density at radius 3 is 2.36 bits per heavy atom. The van der Waals surface area contributed by atoms with Crippen LogP contribution in [0.1, 0.15) is 16.8 Å². The normalized spacial score (nSPS) is 11.6. The molecule has 0 aliphatic carbocycles. The summed E-state index contributed by atoms with van der Waals surface area (Å²) in [6.07, 6.45) is 0.731. The predicted octanol–water partition coefficient (Wildman–Crippen LogP) is 4.70. The summed E-state index contributed by atoms with van der Waals surface area (Å²) >= 11 is 1.44. The Morgan fingerprint density at radius 2 is 1.67 bits per heavy atom. The lowest BCUT2D eigenvalue weighted by atomic mass is 10.1. The van der Waals surface area contributed by atoms with E-state index in [0.29, 0.717) is 17.4 Å². The van der Waals surface area contributed by atoms with Gasteiger partial charge in [-0.05, 0) is 75.6 Å². The van der Waals surface area contributed by atoms with Gasteiger partial charge in [0.05, 0.1) is 33.5 Å². The standard InChI is InChI=1S/C26H28N4O4S2/c1-29(2)17-8-18-30(26-27-23-11-6-7-12-24(23)35-26)25(31)21-9-4-5-10-22(21)28-36(32,33)20-15-13-19(34-3)14-16-20/h4-7,9-16,28H,8,17-18H2,1-3H3. The van der Waals surface area contributed by atoms with Gasteiger partial charge in [0.1, 0.15) is 5.75 Å². The van der Waals surface area contributed by atoms with Crippen molar-refractivity contribution >= 4 is 48.3 Å². The van der Waals surface area contributed by atoms with Crippen molar-refractivity contribution in [3.8, 4) is 5.75 Å². The second kappa shape index (κ2) is 11.1. The Hall–Kier alpha value is -3.47. The third-order valence-electron chi connectivity index (χ3n) is 5.52. The van der Waals surface area contributed by atoms with Crippen LogP contribution in [0.15, 0.2) is 77.7 Å². The fourth-order valence-corrected chi connectivity index (χ4v) is 5.74. The number of aromatic nitrogens is 1. The Morgan fingerprint density at radius 1 is 0.972 bits per heavy atom. The van der Waals surface area contributed by atoms with Crippen LogP contribution < -0.4 is 14.4 Å². The highest BCUT2D eigenvalue weighted by Gasteiger charge is 2.25. The molecular formula is C26H28N4O4S2. The fourth-order valence-electron chi connectivity index (χ4n) is 3.67. The number of methoxy groups -OCH3 is 1. The topological polar surface area (TPSA) is 91.8 Å². The lowest BCUT2D eigenvalue weighted by Gasteiger charge is -2.22. The summed E-state index contributed by atoms with van der Waals surface area (Å²) in [4.78, 5) is 22.3. The van der Waals surface area contributed by atoms with Crippen molar-refractivity contribution in [2.45, 2.75) is 11.3 Å². The molecule has 3 aromatic carbocycles. The second-order valence-corrected chi connectivity index (χ2v) is 11.1. The maximum Gasteiger partial charge on any atom is 0.262 e. The van der Waals surface area contributed by atoms with E-state index < -0.39 is 10.0 Å². The average Bonchev–Trinajstić information content (AvgIpc) is 3.30. The smallest absolute Gasteiger partial charge is 0.262 e. The summed E-state index contributed by atoms with van der Waals surface area (Å²) in [6.45, 7) is 1.23. The summed E-state index contributed by atoms with van der Waals surface area (Å²) in [5, 5.41) is 0.577. The van der Waals surface area contributed by atoms with Crippen molar-refractivity contribution in [3.63, 3.8) is 0 Å². The molecule has 0 atom stereocenters. The molecule has 0 saturated carbocycles. The molecule has 1 aromatic heterocycles. The molecule has 0 bridgehead atoms. The molecule has 4 aromatic rings. The number of fused-ring (bicyclic) bond motifs is 1. The molecule has 1 amide bonds. The average molecular weight is 525 g/mol. The van der Waals surface area contributed by atoms with E-state index in [2.05, 4.69) is 14.6 Å². The minimum Gasteiger partial charge on any atom is -0.497 e. The number of anilines is 2. The highest BCUT2D eigenvalue weighted by molar-refractivity contribution is 7.92. The fraction of sp³-hybridized carbons (Fsp3) is 0.231. The zero-order valence-electron chi connectivity index (χ0n) is 20.3. The first-order valence-corrected chi connectivity index (χ1v) is 13.7. The van der Waals surface area contributed by atoms with Crippen molar-refractivity contribution in [1.82, 2.24) is 9.88 Å². The molecule has 8 nitrogen and oxygen atoms in total. The van der Waals surface area contributed by atoms with Gasteiger partial charge in [0.2, 0.25) is 0 Å². The molecule has 36 heavy (non-hydrogen) atoms. The number of carbonyl (C=O) groups excluding carboxylic acids is 1. The zero-order valence-corrected chi connectivity index (χ0v) is 22.0. The third-order valence-corrected chi connectivity index (χ3v) is 7.96. The zero-order chi connectivity index (χ0) is 25.7. The number of ether oxygens (including phenoxy) is 1. The largest absolute Gasteiger partial charge is 0.497 e. The Balaban J connectivity index is 1.67. The van der Waals surface area contributed by atoms with Crippen LogP contribution in [0.4, 0.5) is 10.8 Å². The van der Waals surface area contributed by atoms with E-state index in [9.17, 15) is 13.2 Å². The minimum absolute atomic E-state index is 0.0690. The summed E-state index contributed by atoms with van der Waals surface area (Å²) in [6, 6.07) is 20.4. The number of carbonyl (C=O) groups is 1. The van der Waals surface area contributed by atoms with Crippen LogP contribution in [-0.4, -0.2) is 58.5 Å². The number of amides is 1. The quantitative estimate of drug-likeness (QED) is 0.323. The van der Waals surface area contributed by atoms with Gasteiger partial charge in [-0.2, -0.15) is 0 Å². The molecule has 10 heteroatoms. The summed E-state index contributed by atoms with van der Waals surface area (Å²) in [5.74, 6) is 0.231. The van der Waals surface area contributed by atoms with Gasteiger partial charge in [-0.3, -0.25) is 14.4 Å². The van der Waals surface area contributed by atoms with Crippen LogP contribution in [-0.2, 0) is 10.0 Å². The van der Waals surface area contributed by atoms with Gasteiger partial charge in [0.25, 0.3) is 15.9 Å². The van der Waals surface area contributed by atoms with Crippen molar-refractivity contribution in [2.75, 3.05) is 43.9 Å². The SMILES string of the molecule is COc1ccc(S(=O)(=O)Nc2ccccc2C(=O)N(CCCN(C)C)c2nc3ccccc3s2)cc1.